The van der Waals surface area contributed by atoms with Crippen LogP contribution in [0.5, 0.6) is 0 Å². The molecule has 3 nitrogen and oxygen atoms in total. The lowest BCUT2D eigenvalue weighted by atomic mass is 9.69. The summed E-state index contributed by atoms with van der Waals surface area (Å²) in [5.41, 5.74) is 4.65. The topological polar surface area (TPSA) is 43.1 Å². The third kappa shape index (κ3) is 2.62. The molecule has 4 heteroatoms. The van der Waals surface area contributed by atoms with Crippen LogP contribution < -0.4 is 5.63 Å². The molecule has 4 aromatic rings. The summed E-state index contributed by atoms with van der Waals surface area (Å²) in [4.78, 5) is 17.3. The lowest BCUT2D eigenvalue weighted by Gasteiger charge is -2.36. The molecular formula is C23H21NO2S. The molecule has 0 saturated carbocycles. The Morgan fingerprint density at radius 2 is 2.00 bits per heavy atom. The number of aromatic nitrogens is 1. The molecule has 2 aromatic carbocycles. The van der Waals surface area contributed by atoms with E-state index >= 15 is 0 Å². The fraction of sp³-hybridized carbons (Fsp3) is 0.304. The first-order valence-electron chi connectivity index (χ1n) is 9.41. The molecule has 0 N–H and O–H groups in total. The molecule has 2 heterocycles. The lowest BCUT2D eigenvalue weighted by molar-refractivity contribution is 0.402. The minimum Gasteiger partial charge on any atom is -0.422 e. The Kier molecular flexibility index (Phi) is 3.57. The molecule has 0 saturated heterocycles. The molecule has 1 aliphatic carbocycles. The Bertz CT molecular complexity index is 1220. The number of thiazole rings is 1. The largest absolute Gasteiger partial charge is 0.422 e. The van der Waals surface area contributed by atoms with Gasteiger partial charge in [-0.3, -0.25) is 0 Å². The molecule has 0 fully saturated rings. The third-order valence-corrected chi connectivity index (χ3v) is 6.96. The van der Waals surface area contributed by atoms with E-state index in [4.69, 9.17) is 4.42 Å². The van der Waals surface area contributed by atoms with E-state index in [9.17, 15) is 4.79 Å². The van der Waals surface area contributed by atoms with E-state index < -0.39 is 0 Å². The van der Waals surface area contributed by atoms with Crippen molar-refractivity contribution in [2.24, 2.45) is 0 Å². The second kappa shape index (κ2) is 5.77. The molecule has 5 rings (SSSR count). The molecule has 1 aliphatic rings. The molecule has 27 heavy (non-hydrogen) atoms. The fourth-order valence-electron chi connectivity index (χ4n) is 4.18. The Hall–Kier alpha value is -2.46. The number of benzene rings is 2. The minimum absolute atomic E-state index is 0.141. The predicted molar refractivity (Wildman–Crippen MR) is 112 cm³/mol. The van der Waals surface area contributed by atoms with Crippen molar-refractivity contribution in [2.45, 2.75) is 44.9 Å². The van der Waals surface area contributed by atoms with Gasteiger partial charge in [0.1, 0.15) is 10.6 Å². The quantitative estimate of drug-likeness (QED) is 0.370. The molecule has 0 spiro atoms. The first-order valence-corrected chi connectivity index (χ1v) is 10.2. The average Bonchev–Trinajstić information content (AvgIpc) is 3.07. The molecule has 0 aliphatic heterocycles. The van der Waals surface area contributed by atoms with E-state index in [1.807, 2.05) is 30.3 Å². The average molecular weight is 375 g/mol. The van der Waals surface area contributed by atoms with E-state index in [2.05, 4.69) is 37.9 Å². The van der Waals surface area contributed by atoms with Gasteiger partial charge in [0.15, 0.2) is 0 Å². The molecule has 0 radical (unpaired) electrons. The number of para-hydroxylation sites is 1. The third-order valence-electron chi connectivity index (χ3n) is 5.89. The summed E-state index contributed by atoms with van der Waals surface area (Å²) in [5, 5.41) is 1.70. The Labute approximate surface area is 161 Å². The zero-order valence-electron chi connectivity index (χ0n) is 15.7. The molecule has 0 amide bonds. The standard InChI is InChI=1S/C23H21NO2S/c1-13-8-9-23(2,3)17-11-14-10-16(22(25)26-19(14)12-15(13)17)21-24-18-6-4-5-7-20(18)27-21/h4-7,10-13H,8-9H2,1-3H3. The van der Waals surface area contributed by atoms with Gasteiger partial charge in [0.05, 0.1) is 15.8 Å². The van der Waals surface area contributed by atoms with Crippen LogP contribution in [-0.2, 0) is 5.41 Å². The van der Waals surface area contributed by atoms with Crippen molar-refractivity contribution in [2.75, 3.05) is 0 Å². The highest BCUT2D eigenvalue weighted by molar-refractivity contribution is 7.21. The lowest BCUT2D eigenvalue weighted by Crippen LogP contribution is -2.25. The van der Waals surface area contributed by atoms with Crippen molar-refractivity contribution in [3.05, 3.63) is 64.0 Å². The molecule has 136 valence electrons. The van der Waals surface area contributed by atoms with E-state index in [1.54, 1.807) is 0 Å². The highest BCUT2D eigenvalue weighted by Gasteiger charge is 2.31. The zero-order chi connectivity index (χ0) is 18.8. The molecule has 1 unspecified atom stereocenters. The van der Waals surface area contributed by atoms with Crippen molar-refractivity contribution in [1.82, 2.24) is 4.98 Å². The second-order valence-corrected chi connectivity index (χ2v) is 9.27. The van der Waals surface area contributed by atoms with E-state index in [0.717, 1.165) is 20.6 Å². The van der Waals surface area contributed by atoms with Crippen molar-refractivity contribution in [3.8, 4) is 10.6 Å². The van der Waals surface area contributed by atoms with Crippen LogP contribution in [0.3, 0.4) is 0 Å². The van der Waals surface area contributed by atoms with Crippen LogP contribution in [0.1, 0.15) is 50.7 Å². The van der Waals surface area contributed by atoms with E-state index in [0.29, 0.717) is 17.1 Å². The summed E-state index contributed by atoms with van der Waals surface area (Å²) < 4.78 is 6.81. The van der Waals surface area contributed by atoms with Crippen molar-refractivity contribution in [3.63, 3.8) is 0 Å². The van der Waals surface area contributed by atoms with Gasteiger partial charge >= 0.3 is 5.63 Å². The van der Waals surface area contributed by atoms with Gasteiger partial charge in [0, 0.05) is 5.39 Å². The maximum absolute atomic E-state index is 12.7. The van der Waals surface area contributed by atoms with Crippen LogP contribution in [0.2, 0.25) is 0 Å². The highest BCUT2D eigenvalue weighted by atomic mass is 32.1. The summed E-state index contributed by atoms with van der Waals surface area (Å²) in [6.07, 6.45) is 2.34. The first kappa shape index (κ1) is 16.7. The Morgan fingerprint density at radius 1 is 1.19 bits per heavy atom. The summed E-state index contributed by atoms with van der Waals surface area (Å²) in [7, 11) is 0. The van der Waals surface area contributed by atoms with Gasteiger partial charge in [0.25, 0.3) is 0 Å². The van der Waals surface area contributed by atoms with Crippen molar-refractivity contribution in [1.29, 1.82) is 0 Å². The Balaban J connectivity index is 1.74. The monoisotopic (exact) mass is 375 g/mol. The highest BCUT2D eigenvalue weighted by Crippen LogP contribution is 2.44. The van der Waals surface area contributed by atoms with Crippen LogP contribution in [0.25, 0.3) is 31.8 Å². The maximum Gasteiger partial charge on any atom is 0.346 e. The second-order valence-electron chi connectivity index (χ2n) is 8.24. The van der Waals surface area contributed by atoms with Crippen molar-refractivity contribution < 1.29 is 4.42 Å². The van der Waals surface area contributed by atoms with Crippen LogP contribution in [-0.4, -0.2) is 4.98 Å². The van der Waals surface area contributed by atoms with Gasteiger partial charge in [-0.2, -0.15) is 0 Å². The van der Waals surface area contributed by atoms with Gasteiger partial charge in [-0.1, -0.05) is 32.9 Å². The van der Waals surface area contributed by atoms with Gasteiger partial charge in [0.2, 0.25) is 0 Å². The summed E-state index contributed by atoms with van der Waals surface area (Å²) in [6, 6.07) is 14.2. The molecular weight excluding hydrogens is 354 g/mol. The molecule has 2 aromatic heterocycles. The van der Waals surface area contributed by atoms with Gasteiger partial charge in [-0.15, -0.1) is 11.3 Å². The SMILES string of the molecule is CC1CCC(C)(C)c2cc3cc(-c4nc5ccccc5s4)c(=O)oc3cc21. The number of rotatable bonds is 1. The van der Waals surface area contributed by atoms with Gasteiger partial charge < -0.3 is 4.42 Å². The number of nitrogens with zero attached hydrogens (tertiary/aromatic N) is 1. The first-order chi connectivity index (χ1) is 12.9. The maximum atomic E-state index is 12.7. The van der Waals surface area contributed by atoms with Gasteiger partial charge in [-0.25, -0.2) is 9.78 Å². The Morgan fingerprint density at radius 3 is 2.81 bits per heavy atom. The molecule has 0 bridgehead atoms. The van der Waals surface area contributed by atoms with Crippen molar-refractivity contribution >= 4 is 32.5 Å². The number of fused-ring (bicyclic) bond motifs is 3. The zero-order valence-corrected chi connectivity index (χ0v) is 16.5. The predicted octanol–water partition coefficient (Wildman–Crippen LogP) is 6.24. The van der Waals surface area contributed by atoms with E-state index in [1.165, 1.54) is 35.3 Å². The van der Waals surface area contributed by atoms with Crippen LogP contribution in [0.15, 0.2) is 51.7 Å². The normalized spacial score (nSPS) is 18.7. The fourth-order valence-corrected chi connectivity index (χ4v) is 5.15. The molecule has 1 atom stereocenters. The van der Waals surface area contributed by atoms with Gasteiger partial charge in [-0.05, 0) is 65.6 Å². The summed E-state index contributed by atoms with van der Waals surface area (Å²) >= 11 is 1.53. The van der Waals surface area contributed by atoms with Crippen LogP contribution >= 0.6 is 11.3 Å². The van der Waals surface area contributed by atoms with Crippen LogP contribution in [0, 0.1) is 0 Å². The summed E-state index contributed by atoms with van der Waals surface area (Å²) in [5.74, 6) is 0.492. The number of hydrogen-bond donors (Lipinski definition) is 0. The smallest absolute Gasteiger partial charge is 0.346 e. The van der Waals surface area contributed by atoms with Crippen LogP contribution in [0.4, 0.5) is 0 Å². The minimum atomic E-state index is -0.316. The van der Waals surface area contributed by atoms with E-state index in [-0.39, 0.29) is 11.0 Å². The number of hydrogen-bond acceptors (Lipinski definition) is 4. The summed E-state index contributed by atoms with van der Waals surface area (Å²) in [6.45, 7) is 6.86.